The van der Waals surface area contributed by atoms with Crippen LogP contribution in [0.5, 0.6) is 11.5 Å². The Kier molecular flexibility index (Phi) is 9.17. The highest BCUT2D eigenvalue weighted by Gasteiger charge is 2.31. The predicted molar refractivity (Wildman–Crippen MR) is 140 cm³/mol. The van der Waals surface area contributed by atoms with Gasteiger partial charge in [-0.3, -0.25) is 19.7 Å². The minimum atomic E-state index is -0.655. The standard InChI is InChI=1S/C29H37N3O5/c1-3-31(16-14-22-19-37-26-10-5-4-9-23(22)26)15-7-17-36-27-11-6-8-21(2)24(27)18-32(20-33)25-12-13-28(34)30-29(25)35/h4-6,8-11,20,22,25H,3,7,12-19H2,1-2H3,(H,30,34,35). The molecule has 0 aromatic heterocycles. The maximum Gasteiger partial charge on any atom is 0.249 e. The predicted octanol–water partition coefficient (Wildman–Crippen LogP) is 3.42. The van der Waals surface area contributed by atoms with E-state index in [4.69, 9.17) is 9.47 Å². The fraction of sp³-hybridized carbons (Fsp3) is 0.483. The highest BCUT2D eigenvalue weighted by molar-refractivity contribution is 6.00. The summed E-state index contributed by atoms with van der Waals surface area (Å²) in [6.45, 7) is 8.64. The molecule has 0 saturated carbocycles. The van der Waals surface area contributed by atoms with Gasteiger partial charge in [0.2, 0.25) is 18.2 Å². The first-order chi connectivity index (χ1) is 18.0. The van der Waals surface area contributed by atoms with Crippen molar-refractivity contribution >= 4 is 18.2 Å². The minimum Gasteiger partial charge on any atom is -0.493 e. The number of ether oxygens (including phenoxy) is 2. The number of carbonyl (C=O) groups excluding carboxylic acids is 3. The maximum atomic E-state index is 12.3. The van der Waals surface area contributed by atoms with Gasteiger partial charge in [-0.2, -0.15) is 0 Å². The van der Waals surface area contributed by atoms with Crippen molar-refractivity contribution in [2.45, 2.75) is 58.0 Å². The molecule has 8 nitrogen and oxygen atoms in total. The Morgan fingerprint density at radius 3 is 2.76 bits per heavy atom. The molecule has 0 spiro atoms. The average Bonchev–Trinajstić information content (AvgIpc) is 3.31. The lowest BCUT2D eigenvalue weighted by atomic mass is 9.98. The summed E-state index contributed by atoms with van der Waals surface area (Å²) in [5.74, 6) is 1.47. The van der Waals surface area contributed by atoms with Crippen molar-refractivity contribution in [1.29, 1.82) is 0 Å². The van der Waals surface area contributed by atoms with Gasteiger partial charge >= 0.3 is 0 Å². The number of hydrogen-bond acceptors (Lipinski definition) is 6. The van der Waals surface area contributed by atoms with Crippen molar-refractivity contribution in [3.63, 3.8) is 0 Å². The first-order valence-corrected chi connectivity index (χ1v) is 13.2. The van der Waals surface area contributed by atoms with E-state index < -0.39 is 11.9 Å². The van der Waals surface area contributed by atoms with Crippen LogP contribution >= 0.6 is 0 Å². The van der Waals surface area contributed by atoms with Gasteiger partial charge in [-0.15, -0.1) is 0 Å². The number of carbonyl (C=O) groups is 3. The van der Waals surface area contributed by atoms with Crippen LogP contribution in [-0.2, 0) is 20.9 Å². The molecule has 4 rings (SSSR count). The summed E-state index contributed by atoms with van der Waals surface area (Å²) in [4.78, 5) is 39.6. The van der Waals surface area contributed by atoms with Gasteiger partial charge in [0.15, 0.2) is 0 Å². The Balaban J connectivity index is 1.28. The van der Waals surface area contributed by atoms with Gasteiger partial charge < -0.3 is 19.3 Å². The van der Waals surface area contributed by atoms with E-state index in [0.29, 0.717) is 25.4 Å². The van der Waals surface area contributed by atoms with E-state index in [0.717, 1.165) is 61.7 Å². The van der Waals surface area contributed by atoms with Crippen LogP contribution in [0.1, 0.15) is 55.2 Å². The number of rotatable bonds is 13. The Bertz CT molecular complexity index is 1100. The molecule has 2 unspecified atom stereocenters. The zero-order valence-corrected chi connectivity index (χ0v) is 21.8. The molecule has 2 aromatic rings. The van der Waals surface area contributed by atoms with Gasteiger partial charge in [-0.05, 0) is 57.0 Å². The van der Waals surface area contributed by atoms with E-state index in [9.17, 15) is 14.4 Å². The third-order valence-electron chi connectivity index (χ3n) is 7.37. The summed E-state index contributed by atoms with van der Waals surface area (Å²) in [7, 11) is 0. The van der Waals surface area contributed by atoms with E-state index >= 15 is 0 Å². The van der Waals surface area contributed by atoms with E-state index in [-0.39, 0.29) is 18.9 Å². The number of para-hydroxylation sites is 1. The molecule has 1 fully saturated rings. The SMILES string of the molecule is CCN(CCCOc1cccc(C)c1CN(C=O)C1CCC(=O)NC1=O)CCC1COc2ccccc21. The van der Waals surface area contributed by atoms with Crippen molar-refractivity contribution in [1.82, 2.24) is 15.1 Å². The van der Waals surface area contributed by atoms with Crippen LogP contribution in [0.4, 0.5) is 0 Å². The molecule has 3 amide bonds. The molecule has 2 aliphatic rings. The normalized spacial score (nSPS) is 18.8. The molecule has 37 heavy (non-hydrogen) atoms. The van der Waals surface area contributed by atoms with Crippen molar-refractivity contribution in [3.8, 4) is 11.5 Å². The Morgan fingerprint density at radius 1 is 1.14 bits per heavy atom. The third-order valence-corrected chi connectivity index (χ3v) is 7.37. The number of hydrogen-bond donors (Lipinski definition) is 1. The fourth-order valence-electron chi connectivity index (χ4n) is 5.12. The van der Waals surface area contributed by atoms with Crippen LogP contribution in [0.2, 0.25) is 0 Å². The first kappa shape index (κ1) is 26.7. The molecule has 1 saturated heterocycles. The zero-order valence-electron chi connectivity index (χ0n) is 21.8. The summed E-state index contributed by atoms with van der Waals surface area (Å²) in [6, 6.07) is 13.5. The van der Waals surface area contributed by atoms with Gasteiger partial charge in [-0.25, -0.2) is 0 Å². The van der Waals surface area contributed by atoms with Crippen molar-refractivity contribution in [2.24, 2.45) is 0 Å². The molecule has 0 aliphatic carbocycles. The quantitative estimate of drug-likeness (QED) is 0.254. The molecule has 2 heterocycles. The molecule has 0 radical (unpaired) electrons. The Labute approximate surface area is 218 Å². The highest BCUT2D eigenvalue weighted by atomic mass is 16.5. The lowest BCUT2D eigenvalue weighted by Gasteiger charge is -2.30. The molecule has 8 heteroatoms. The number of nitrogens with one attached hydrogen (secondary N) is 1. The summed E-state index contributed by atoms with van der Waals surface area (Å²) in [5, 5.41) is 2.33. The minimum absolute atomic E-state index is 0.228. The monoisotopic (exact) mass is 507 g/mol. The summed E-state index contributed by atoms with van der Waals surface area (Å²) >= 11 is 0. The third kappa shape index (κ3) is 6.68. The number of piperidine rings is 1. The van der Waals surface area contributed by atoms with Crippen molar-refractivity contribution in [2.75, 3.05) is 32.8 Å². The van der Waals surface area contributed by atoms with Crippen LogP contribution in [-0.4, -0.2) is 66.9 Å². The van der Waals surface area contributed by atoms with Gasteiger partial charge in [0.1, 0.15) is 17.5 Å². The van der Waals surface area contributed by atoms with E-state index in [1.165, 1.54) is 10.5 Å². The summed E-state index contributed by atoms with van der Waals surface area (Å²) < 4.78 is 12.0. The topological polar surface area (TPSA) is 88.2 Å². The van der Waals surface area contributed by atoms with Crippen LogP contribution < -0.4 is 14.8 Å². The van der Waals surface area contributed by atoms with E-state index in [2.05, 4.69) is 29.3 Å². The Morgan fingerprint density at radius 2 is 1.97 bits per heavy atom. The van der Waals surface area contributed by atoms with Crippen LogP contribution in [0.3, 0.4) is 0 Å². The van der Waals surface area contributed by atoms with Gasteiger partial charge in [0.05, 0.1) is 19.8 Å². The first-order valence-electron chi connectivity index (χ1n) is 13.2. The number of benzene rings is 2. The fourth-order valence-corrected chi connectivity index (χ4v) is 5.12. The lowest BCUT2D eigenvalue weighted by molar-refractivity contribution is -0.141. The lowest BCUT2D eigenvalue weighted by Crippen LogP contribution is -2.51. The van der Waals surface area contributed by atoms with Crippen molar-refractivity contribution < 1.29 is 23.9 Å². The zero-order chi connectivity index (χ0) is 26.2. The van der Waals surface area contributed by atoms with E-state index in [1.54, 1.807) is 0 Å². The number of nitrogens with zero attached hydrogens (tertiary/aromatic N) is 2. The highest BCUT2D eigenvalue weighted by Crippen LogP contribution is 2.35. The van der Waals surface area contributed by atoms with Crippen molar-refractivity contribution in [3.05, 3.63) is 59.2 Å². The second-order valence-corrected chi connectivity index (χ2v) is 9.77. The maximum absolute atomic E-state index is 12.3. The molecule has 1 N–H and O–H groups in total. The number of aryl methyl sites for hydroxylation is 1. The second kappa shape index (κ2) is 12.7. The second-order valence-electron chi connectivity index (χ2n) is 9.77. The molecular formula is C29H37N3O5. The largest absolute Gasteiger partial charge is 0.493 e. The summed E-state index contributed by atoms with van der Waals surface area (Å²) in [6.07, 6.45) is 3.19. The van der Waals surface area contributed by atoms with Crippen LogP contribution in [0.25, 0.3) is 0 Å². The molecule has 2 aliphatic heterocycles. The molecule has 0 bridgehead atoms. The molecular weight excluding hydrogens is 470 g/mol. The molecule has 2 aromatic carbocycles. The number of fused-ring (bicyclic) bond motifs is 1. The van der Waals surface area contributed by atoms with Crippen LogP contribution in [0, 0.1) is 6.92 Å². The van der Waals surface area contributed by atoms with Crippen LogP contribution in [0.15, 0.2) is 42.5 Å². The van der Waals surface area contributed by atoms with E-state index in [1.807, 2.05) is 37.3 Å². The molecule has 198 valence electrons. The van der Waals surface area contributed by atoms with Gasteiger partial charge in [-0.1, -0.05) is 37.3 Å². The number of amides is 3. The van der Waals surface area contributed by atoms with Gasteiger partial charge in [0.25, 0.3) is 0 Å². The van der Waals surface area contributed by atoms with Gasteiger partial charge in [0, 0.05) is 30.0 Å². The molecule has 2 atom stereocenters. The summed E-state index contributed by atoms with van der Waals surface area (Å²) in [5.41, 5.74) is 3.19. The number of imide groups is 1. The Hall–Kier alpha value is -3.39. The smallest absolute Gasteiger partial charge is 0.249 e. The average molecular weight is 508 g/mol.